The highest BCUT2D eigenvalue weighted by Crippen LogP contribution is 2.47. The van der Waals surface area contributed by atoms with Crippen LogP contribution in [0.1, 0.15) is 77.6 Å². The molecule has 0 heterocycles. The molecule has 0 amide bonds. The second-order valence-corrected chi connectivity index (χ2v) is 8.55. The fourth-order valence-electron chi connectivity index (χ4n) is 5.69. The summed E-state index contributed by atoms with van der Waals surface area (Å²) in [5.41, 5.74) is 0. The van der Waals surface area contributed by atoms with E-state index in [1.807, 2.05) is 0 Å². The van der Waals surface area contributed by atoms with Gasteiger partial charge in [0.2, 0.25) is 0 Å². The summed E-state index contributed by atoms with van der Waals surface area (Å²) in [6.07, 6.45) is 6.93. The Morgan fingerprint density at radius 1 is 0.609 bits per heavy atom. The number of hydrogen-bond acceptors (Lipinski definition) is 0. The van der Waals surface area contributed by atoms with Gasteiger partial charge in [0.05, 0.1) is 0 Å². The molecule has 3 fully saturated rings. The van der Waals surface area contributed by atoms with E-state index in [0.29, 0.717) is 31.1 Å². The third-order valence-electron chi connectivity index (χ3n) is 7.34. The molecule has 0 aromatic heterocycles. The zero-order valence-electron chi connectivity index (χ0n) is 14.5. The molecule has 0 radical (unpaired) electrons. The first-order chi connectivity index (χ1) is 11.1. The number of rotatable bonds is 3. The fourth-order valence-corrected chi connectivity index (χ4v) is 5.69. The van der Waals surface area contributed by atoms with Crippen molar-refractivity contribution in [1.29, 1.82) is 0 Å². The highest BCUT2D eigenvalue weighted by Gasteiger charge is 2.42. The lowest BCUT2D eigenvalue weighted by atomic mass is 9.64. The van der Waals surface area contributed by atoms with Crippen molar-refractivity contribution in [3.63, 3.8) is 0 Å². The average Bonchev–Trinajstić information content (AvgIpc) is 2.57. The molecule has 6 atom stereocenters. The van der Waals surface area contributed by atoms with Gasteiger partial charge in [-0.1, -0.05) is 26.2 Å². The highest BCUT2D eigenvalue weighted by molar-refractivity contribution is 4.91. The van der Waals surface area contributed by atoms with Crippen LogP contribution in [0.5, 0.6) is 0 Å². The van der Waals surface area contributed by atoms with Gasteiger partial charge in [-0.15, -0.1) is 0 Å². The molecule has 3 saturated carbocycles. The molecule has 3 rings (SSSR count). The SMILES string of the molecule is CCC1CCC(C2CCC(C3CCC(F)C(F)C3)C(F)C2)CC1. The number of hydrogen-bond donors (Lipinski definition) is 0. The van der Waals surface area contributed by atoms with E-state index in [4.69, 9.17) is 0 Å². The fraction of sp³-hybridized carbons (Fsp3) is 1.00. The molecule has 3 aliphatic rings. The predicted molar refractivity (Wildman–Crippen MR) is 88.6 cm³/mol. The molecule has 23 heavy (non-hydrogen) atoms. The van der Waals surface area contributed by atoms with Crippen molar-refractivity contribution in [2.45, 2.75) is 96.1 Å². The third kappa shape index (κ3) is 4.07. The van der Waals surface area contributed by atoms with Gasteiger partial charge >= 0.3 is 0 Å². The molecule has 0 saturated heterocycles. The molecule has 0 aromatic carbocycles. The molecule has 3 heteroatoms. The van der Waals surface area contributed by atoms with Crippen molar-refractivity contribution in [1.82, 2.24) is 0 Å². The largest absolute Gasteiger partial charge is 0.247 e. The first kappa shape index (κ1) is 17.6. The van der Waals surface area contributed by atoms with Gasteiger partial charge in [-0.05, 0) is 81.0 Å². The monoisotopic (exact) mass is 330 g/mol. The van der Waals surface area contributed by atoms with Crippen molar-refractivity contribution in [3.8, 4) is 0 Å². The van der Waals surface area contributed by atoms with Gasteiger partial charge in [-0.25, -0.2) is 13.2 Å². The highest BCUT2D eigenvalue weighted by atomic mass is 19.2. The molecule has 0 nitrogen and oxygen atoms in total. The maximum absolute atomic E-state index is 14.8. The van der Waals surface area contributed by atoms with Gasteiger partial charge in [0, 0.05) is 0 Å². The van der Waals surface area contributed by atoms with Crippen molar-refractivity contribution in [3.05, 3.63) is 0 Å². The molecular weight excluding hydrogens is 297 g/mol. The summed E-state index contributed by atoms with van der Waals surface area (Å²) < 4.78 is 41.7. The summed E-state index contributed by atoms with van der Waals surface area (Å²) >= 11 is 0. The maximum atomic E-state index is 14.8. The summed E-state index contributed by atoms with van der Waals surface area (Å²) in [5.74, 6) is 2.21. The third-order valence-corrected chi connectivity index (χ3v) is 7.34. The average molecular weight is 330 g/mol. The van der Waals surface area contributed by atoms with Crippen molar-refractivity contribution >= 4 is 0 Å². The van der Waals surface area contributed by atoms with Gasteiger partial charge < -0.3 is 0 Å². The van der Waals surface area contributed by atoms with Crippen molar-refractivity contribution < 1.29 is 13.2 Å². The molecule has 0 aliphatic heterocycles. The lowest BCUT2D eigenvalue weighted by molar-refractivity contribution is 0.00642. The minimum atomic E-state index is -1.36. The molecule has 6 unspecified atom stereocenters. The Kier molecular flexibility index (Phi) is 5.96. The molecule has 3 aliphatic carbocycles. The quantitative estimate of drug-likeness (QED) is 0.559. The van der Waals surface area contributed by atoms with Crippen LogP contribution in [0.4, 0.5) is 13.2 Å². The number of halogens is 3. The van der Waals surface area contributed by atoms with Crippen LogP contribution in [0, 0.1) is 29.6 Å². The van der Waals surface area contributed by atoms with Crippen LogP contribution in [0.15, 0.2) is 0 Å². The van der Waals surface area contributed by atoms with Crippen LogP contribution in [0.2, 0.25) is 0 Å². The van der Waals surface area contributed by atoms with Gasteiger partial charge in [-0.2, -0.15) is 0 Å². The molecule has 0 N–H and O–H groups in total. The topological polar surface area (TPSA) is 0 Å². The lowest BCUT2D eigenvalue weighted by Crippen LogP contribution is -2.39. The van der Waals surface area contributed by atoms with Crippen molar-refractivity contribution in [2.24, 2.45) is 29.6 Å². The van der Waals surface area contributed by atoms with E-state index in [1.165, 1.54) is 32.1 Å². The van der Waals surface area contributed by atoms with Crippen LogP contribution in [0.25, 0.3) is 0 Å². The lowest BCUT2D eigenvalue weighted by Gasteiger charge is -2.43. The van der Waals surface area contributed by atoms with Crippen LogP contribution in [0.3, 0.4) is 0 Å². The van der Waals surface area contributed by atoms with Crippen LogP contribution < -0.4 is 0 Å². The summed E-state index contributed by atoms with van der Waals surface area (Å²) in [4.78, 5) is 0. The van der Waals surface area contributed by atoms with Gasteiger partial charge in [0.1, 0.15) is 18.5 Å². The minimum absolute atomic E-state index is 0.0102. The Hall–Kier alpha value is -0.210. The normalized spacial score (nSPS) is 49.0. The van der Waals surface area contributed by atoms with E-state index in [0.717, 1.165) is 18.8 Å². The molecule has 0 aromatic rings. The van der Waals surface area contributed by atoms with Crippen LogP contribution >= 0.6 is 0 Å². The minimum Gasteiger partial charge on any atom is -0.247 e. The van der Waals surface area contributed by atoms with E-state index < -0.39 is 18.5 Å². The zero-order valence-corrected chi connectivity index (χ0v) is 14.5. The first-order valence-electron chi connectivity index (χ1n) is 10.0. The smallest absolute Gasteiger partial charge is 0.131 e. The second kappa shape index (κ2) is 7.78. The van der Waals surface area contributed by atoms with E-state index in [-0.39, 0.29) is 18.3 Å². The molecular formula is C20H33F3. The Bertz CT molecular complexity index is 364. The van der Waals surface area contributed by atoms with E-state index in [9.17, 15) is 13.2 Å². The standard InChI is InChI=1S/C20H33F3/c1-2-13-3-5-14(6-4-13)15-7-9-17(19(22)11-15)16-8-10-18(21)20(23)12-16/h13-20H,2-12H2,1H3. The second-order valence-electron chi connectivity index (χ2n) is 8.55. The van der Waals surface area contributed by atoms with Gasteiger partial charge in [0.15, 0.2) is 0 Å². The van der Waals surface area contributed by atoms with Crippen molar-refractivity contribution in [2.75, 3.05) is 0 Å². The van der Waals surface area contributed by atoms with E-state index in [1.54, 1.807) is 0 Å². The van der Waals surface area contributed by atoms with E-state index in [2.05, 4.69) is 6.92 Å². The van der Waals surface area contributed by atoms with Gasteiger partial charge in [-0.3, -0.25) is 0 Å². The number of alkyl halides is 3. The maximum Gasteiger partial charge on any atom is 0.131 e. The van der Waals surface area contributed by atoms with Crippen LogP contribution in [-0.4, -0.2) is 18.5 Å². The zero-order chi connectivity index (χ0) is 16.4. The Balaban J connectivity index is 1.50. The summed E-state index contributed by atoms with van der Waals surface area (Å²) in [5, 5.41) is 0. The first-order valence-corrected chi connectivity index (χ1v) is 10.0. The Labute approximate surface area is 139 Å². The van der Waals surface area contributed by atoms with Crippen LogP contribution in [-0.2, 0) is 0 Å². The molecule has 0 spiro atoms. The predicted octanol–water partition coefficient (Wildman–Crippen LogP) is 6.43. The molecule has 134 valence electrons. The molecule has 0 bridgehead atoms. The summed E-state index contributed by atoms with van der Waals surface area (Å²) in [7, 11) is 0. The van der Waals surface area contributed by atoms with Gasteiger partial charge in [0.25, 0.3) is 0 Å². The van der Waals surface area contributed by atoms with E-state index >= 15 is 0 Å². The summed E-state index contributed by atoms with van der Waals surface area (Å²) in [6, 6.07) is 0. The Morgan fingerprint density at radius 3 is 1.83 bits per heavy atom. The Morgan fingerprint density at radius 2 is 1.22 bits per heavy atom. The summed E-state index contributed by atoms with van der Waals surface area (Å²) in [6.45, 7) is 2.28.